The first kappa shape index (κ1) is 12.9. The molecule has 1 N–H and O–H groups in total. The fourth-order valence-corrected chi connectivity index (χ4v) is 3.08. The maximum atomic E-state index is 14.1. The van der Waals surface area contributed by atoms with E-state index >= 15 is 0 Å². The number of rotatable bonds is 2. The molecule has 1 aromatic rings. The molecule has 3 rings (SSSR count). The van der Waals surface area contributed by atoms with Crippen LogP contribution in [0.15, 0.2) is 6.07 Å². The van der Waals surface area contributed by atoms with Gasteiger partial charge < -0.3 is 10.1 Å². The van der Waals surface area contributed by atoms with Crippen LogP contribution >= 0.6 is 0 Å². The summed E-state index contributed by atoms with van der Waals surface area (Å²) in [6, 6.07) is 1.03. The quantitative estimate of drug-likeness (QED) is 0.889. The molecule has 0 unspecified atom stereocenters. The summed E-state index contributed by atoms with van der Waals surface area (Å²) < 4.78 is 33.4. The van der Waals surface area contributed by atoms with Crippen LogP contribution in [0, 0.1) is 17.6 Å². The first-order valence-corrected chi connectivity index (χ1v) is 7.09. The van der Waals surface area contributed by atoms with Gasteiger partial charge in [0.2, 0.25) is 0 Å². The van der Waals surface area contributed by atoms with Crippen molar-refractivity contribution in [3.63, 3.8) is 0 Å². The molecule has 0 radical (unpaired) electrons. The van der Waals surface area contributed by atoms with Gasteiger partial charge in [-0.3, -0.25) is 0 Å². The molecule has 1 fully saturated rings. The standard InChI is InChI=1S/C15H19F2NO/c16-13-9-14(17)12(8-10-3-5-18-6-4-10)15-11(13)2-1-7-19-15/h9-10,18H,1-8H2. The summed E-state index contributed by atoms with van der Waals surface area (Å²) in [6.07, 6.45) is 4.22. The lowest BCUT2D eigenvalue weighted by atomic mass is 9.88. The van der Waals surface area contributed by atoms with Gasteiger partial charge in [-0.1, -0.05) is 0 Å². The molecule has 2 aliphatic rings. The van der Waals surface area contributed by atoms with Crippen LogP contribution in [0.2, 0.25) is 0 Å². The van der Waals surface area contributed by atoms with Crippen molar-refractivity contribution in [2.24, 2.45) is 5.92 Å². The molecule has 2 aliphatic heterocycles. The maximum Gasteiger partial charge on any atom is 0.133 e. The molecule has 0 spiro atoms. The second kappa shape index (κ2) is 5.45. The van der Waals surface area contributed by atoms with Crippen LogP contribution in [0.3, 0.4) is 0 Å². The van der Waals surface area contributed by atoms with E-state index in [9.17, 15) is 8.78 Å². The predicted molar refractivity (Wildman–Crippen MR) is 69.5 cm³/mol. The Morgan fingerprint density at radius 1 is 1.21 bits per heavy atom. The van der Waals surface area contributed by atoms with Gasteiger partial charge in [-0.05, 0) is 51.1 Å². The van der Waals surface area contributed by atoms with E-state index in [0.717, 1.165) is 38.4 Å². The molecule has 4 heteroatoms. The third-order valence-corrected chi connectivity index (χ3v) is 4.15. The number of benzene rings is 1. The molecule has 0 aliphatic carbocycles. The highest BCUT2D eigenvalue weighted by molar-refractivity contribution is 5.45. The summed E-state index contributed by atoms with van der Waals surface area (Å²) in [5, 5.41) is 3.30. The first-order valence-electron chi connectivity index (χ1n) is 7.09. The summed E-state index contributed by atoms with van der Waals surface area (Å²) in [5.41, 5.74) is 1.15. The third-order valence-electron chi connectivity index (χ3n) is 4.15. The Kier molecular flexibility index (Phi) is 3.69. The second-order valence-corrected chi connectivity index (χ2v) is 5.48. The molecule has 2 nitrogen and oxygen atoms in total. The van der Waals surface area contributed by atoms with Gasteiger partial charge in [0.25, 0.3) is 0 Å². The lowest BCUT2D eigenvalue weighted by molar-refractivity contribution is 0.273. The molecule has 0 saturated carbocycles. The number of hydrogen-bond acceptors (Lipinski definition) is 2. The van der Waals surface area contributed by atoms with Crippen LogP contribution in [-0.4, -0.2) is 19.7 Å². The Balaban J connectivity index is 1.90. The van der Waals surface area contributed by atoms with Gasteiger partial charge in [-0.15, -0.1) is 0 Å². The average molecular weight is 267 g/mol. The van der Waals surface area contributed by atoms with Gasteiger partial charge in [-0.2, -0.15) is 0 Å². The van der Waals surface area contributed by atoms with E-state index in [4.69, 9.17) is 4.74 Å². The van der Waals surface area contributed by atoms with E-state index in [0.29, 0.717) is 42.2 Å². The van der Waals surface area contributed by atoms with Crippen LogP contribution < -0.4 is 10.1 Å². The van der Waals surface area contributed by atoms with Gasteiger partial charge in [0.05, 0.1) is 6.61 Å². The number of piperidine rings is 1. The topological polar surface area (TPSA) is 21.3 Å². The molecule has 1 saturated heterocycles. The van der Waals surface area contributed by atoms with Crippen molar-refractivity contribution in [3.8, 4) is 5.75 Å². The lowest BCUT2D eigenvalue weighted by Crippen LogP contribution is -2.29. The van der Waals surface area contributed by atoms with Crippen LogP contribution in [0.4, 0.5) is 8.78 Å². The fraction of sp³-hybridized carbons (Fsp3) is 0.600. The van der Waals surface area contributed by atoms with Gasteiger partial charge >= 0.3 is 0 Å². The number of fused-ring (bicyclic) bond motifs is 1. The van der Waals surface area contributed by atoms with E-state index in [1.54, 1.807) is 0 Å². The number of nitrogens with one attached hydrogen (secondary N) is 1. The zero-order valence-corrected chi connectivity index (χ0v) is 11.0. The third kappa shape index (κ3) is 2.59. The zero-order valence-electron chi connectivity index (χ0n) is 11.0. The molecule has 104 valence electrons. The minimum absolute atomic E-state index is 0.448. The van der Waals surface area contributed by atoms with Gasteiger partial charge in [-0.25, -0.2) is 8.78 Å². The minimum atomic E-state index is -0.457. The monoisotopic (exact) mass is 267 g/mol. The van der Waals surface area contributed by atoms with Crippen LogP contribution in [0.25, 0.3) is 0 Å². The van der Waals surface area contributed by atoms with Crippen LogP contribution in [0.5, 0.6) is 5.75 Å². The number of halogens is 2. The maximum absolute atomic E-state index is 14.1. The molecule has 1 aromatic carbocycles. The number of ether oxygens (including phenoxy) is 1. The van der Waals surface area contributed by atoms with Gasteiger partial charge in [0.1, 0.15) is 17.4 Å². The molecule has 0 atom stereocenters. The molecule has 0 amide bonds. The number of hydrogen-bond donors (Lipinski definition) is 1. The smallest absolute Gasteiger partial charge is 0.133 e. The van der Waals surface area contributed by atoms with Crippen LogP contribution in [-0.2, 0) is 12.8 Å². The van der Waals surface area contributed by atoms with E-state index < -0.39 is 11.6 Å². The van der Waals surface area contributed by atoms with Crippen molar-refractivity contribution in [2.75, 3.05) is 19.7 Å². The molecule has 0 aromatic heterocycles. The second-order valence-electron chi connectivity index (χ2n) is 5.48. The Bertz CT molecular complexity index is 470. The van der Waals surface area contributed by atoms with E-state index in [1.807, 2.05) is 0 Å². The molecule has 2 heterocycles. The SMILES string of the molecule is Fc1cc(F)c(CC2CCNCC2)c2c1CCCO2. The zero-order chi connectivity index (χ0) is 13.2. The highest BCUT2D eigenvalue weighted by Crippen LogP contribution is 2.35. The van der Waals surface area contributed by atoms with Crippen molar-refractivity contribution in [1.29, 1.82) is 0 Å². The average Bonchev–Trinajstić information content (AvgIpc) is 2.45. The van der Waals surface area contributed by atoms with Crippen molar-refractivity contribution in [3.05, 3.63) is 28.8 Å². The Morgan fingerprint density at radius 3 is 2.79 bits per heavy atom. The van der Waals surface area contributed by atoms with Gasteiger partial charge in [0.15, 0.2) is 0 Å². The highest BCUT2D eigenvalue weighted by atomic mass is 19.1. The molecule has 19 heavy (non-hydrogen) atoms. The van der Waals surface area contributed by atoms with Crippen molar-refractivity contribution >= 4 is 0 Å². The van der Waals surface area contributed by atoms with Crippen molar-refractivity contribution in [2.45, 2.75) is 32.1 Å². The van der Waals surface area contributed by atoms with E-state index in [-0.39, 0.29) is 0 Å². The van der Waals surface area contributed by atoms with Gasteiger partial charge in [0, 0.05) is 17.2 Å². The predicted octanol–water partition coefficient (Wildman–Crippen LogP) is 2.83. The summed E-state index contributed by atoms with van der Waals surface area (Å²) >= 11 is 0. The normalized spacial score (nSPS) is 19.9. The Labute approximate surface area is 112 Å². The van der Waals surface area contributed by atoms with Crippen molar-refractivity contribution in [1.82, 2.24) is 5.32 Å². The van der Waals surface area contributed by atoms with Crippen molar-refractivity contribution < 1.29 is 13.5 Å². The lowest BCUT2D eigenvalue weighted by Gasteiger charge is -2.26. The summed E-state index contributed by atoms with van der Waals surface area (Å²) in [6.45, 7) is 2.53. The summed E-state index contributed by atoms with van der Waals surface area (Å²) in [7, 11) is 0. The summed E-state index contributed by atoms with van der Waals surface area (Å²) in [5.74, 6) is 0.0519. The summed E-state index contributed by atoms with van der Waals surface area (Å²) in [4.78, 5) is 0. The largest absolute Gasteiger partial charge is 0.493 e. The Hall–Kier alpha value is -1.16. The molecular formula is C15H19F2NO. The Morgan fingerprint density at radius 2 is 2.00 bits per heavy atom. The van der Waals surface area contributed by atoms with Crippen LogP contribution in [0.1, 0.15) is 30.4 Å². The highest BCUT2D eigenvalue weighted by Gasteiger charge is 2.25. The fourth-order valence-electron chi connectivity index (χ4n) is 3.08. The minimum Gasteiger partial charge on any atom is -0.493 e. The van der Waals surface area contributed by atoms with E-state index in [1.165, 1.54) is 0 Å². The first-order chi connectivity index (χ1) is 9.25. The van der Waals surface area contributed by atoms with E-state index in [2.05, 4.69) is 5.32 Å². The molecule has 0 bridgehead atoms. The molecular weight excluding hydrogens is 248 g/mol.